The van der Waals surface area contributed by atoms with Gasteiger partial charge in [-0.05, 0) is 30.0 Å². The monoisotopic (exact) mass is 195 g/mol. The lowest BCUT2D eigenvalue weighted by molar-refractivity contribution is 0.597. The second kappa shape index (κ2) is 3.69. The van der Waals surface area contributed by atoms with E-state index in [0.717, 1.165) is 17.4 Å². The molecule has 0 spiro atoms. The van der Waals surface area contributed by atoms with Gasteiger partial charge in [-0.3, -0.25) is 0 Å². The van der Waals surface area contributed by atoms with Crippen LogP contribution in [-0.4, -0.2) is 0 Å². The summed E-state index contributed by atoms with van der Waals surface area (Å²) in [6, 6.07) is 8.04. The molecule has 1 atom stereocenters. The highest BCUT2D eigenvalue weighted by atomic mass is 35.5. The fourth-order valence-corrected chi connectivity index (χ4v) is 1.78. The Kier molecular flexibility index (Phi) is 2.56. The highest BCUT2D eigenvalue weighted by Crippen LogP contribution is 2.36. The zero-order chi connectivity index (χ0) is 9.26. The van der Waals surface area contributed by atoms with Gasteiger partial charge in [-0.15, -0.1) is 0 Å². The summed E-state index contributed by atoms with van der Waals surface area (Å²) >= 11 is 5.89. The molecule has 1 saturated carbocycles. The Bertz CT molecular complexity index is 294. The van der Waals surface area contributed by atoms with Gasteiger partial charge in [0, 0.05) is 11.1 Å². The van der Waals surface area contributed by atoms with E-state index in [9.17, 15) is 0 Å². The minimum absolute atomic E-state index is 0.172. The molecule has 1 aromatic carbocycles. The number of nitrogens with two attached hydrogens (primary N) is 1. The summed E-state index contributed by atoms with van der Waals surface area (Å²) in [4.78, 5) is 0. The molecule has 13 heavy (non-hydrogen) atoms. The van der Waals surface area contributed by atoms with E-state index in [1.54, 1.807) is 0 Å². The average molecular weight is 196 g/mol. The first-order valence-electron chi connectivity index (χ1n) is 4.77. The second-order valence-electron chi connectivity index (χ2n) is 3.84. The van der Waals surface area contributed by atoms with Crippen LogP contribution in [0.4, 0.5) is 0 Å². The first-order chi connectivity index (χ1) is 6.25. The van der Waals surface area contributed by atoms with Crippen molar-refractivity contribution in [2.24, 2.45) is 11.7 Å². The van der Waals surface area contributed by atoms with Crippen molar-refractivity contribution >= 4 is 11.6 Å². The summed E-state index contributed by atoms with van der Waals surface area (Å²) in [6.07, 6.45) is 3.82. The SMILES string of the molecule is N[C@@H](CC1CC1)c1cccc(Cl)c1. The number of hydrogen-bond donors (Lipinski definition) is 1. The van der Waals surface area contributed by atoms with Crippen LogP contribution in [0.25, 0.3) is 0 Å². The minimum Gasteiger partial charge on any atom is -0.324 e. The first-order valence-corrected chi connectivity index (χ1v) is 5.14. The van der Waals surface area contributed by atoms with Gasteiger partial charge in [0.1, 0.15) is 0 Å². The van der Waals surface area contributed by atoms with Gasteiger partial charge in [-0.25, -0.2) is 0 Å². The van der Waals surface area contributed by atoms with Crippen LogP contribution in [0, 0.1) is 5.92 Å². The topological polar surface area (TPSA) is 26.0 Å². The fourth-order valence-electron chi connectivity index (χ4n) is 1.59. The summed E-state index contributed by atoms with van der Waals surface area (Å²) in [5, 5.41) is 0.781. The molecule has 2 heteroatoms. The number of benzene rings is 1. The van der Waals surface area contributed by atoms with E-state index in [2.05, 4.69) is 6.07 Å². The molecule has 0 bridgehead atoms. The maximum atomic E-state index is 6.05. The molecule has 0 heterocycles. The maximum Gasteiger partial charge on any atom is 0.0409 e. The van der Waals surface area contributed by atoms with Crippen molar-refractivity contribution in [2.75, 3.05) is 0 Å². The summed E-state index contributed by atoms with van der Waals surface area (Å²) in [7, 11) is 0. The summed E-state index contributed by atoms with van der Waals surface area (Å²) in [6.45, 7) is 0. The normalized spacial score (nSPS) is 18.6. The third-order valence-electron chi connectivity index (χ3n) is 2.56. The van der Waals surface area contributed by atoms with Crippen LogP contribution in [0.2, 0.25) is 5.02 Å². The van der Waals surface area contributed by atoms with E-state index >= 15 is 0 Å². The van der Waals surface area contributed by atoms with Crippen LogP contribution in [0.5, 0.6) is 0 Å². The largest absolute Gasteiger partial charge is 0.324 e. The Balaban J connectivity index is 2.04. The lowest BCUT2D eigenvalue weighted by Gasteiger charge is -2.11. The highest BCUT2D eigenvalue weighted by Gasteiger charge is 2.24. The van der Waals surface area contributed by atoms with Gasteiger partial charge in [0.25, 0.3) is 0 Å². The van der Waals surface area contributed by atoms with E-state index in [1.807, 2.05) is 18.2 Å². The molecule has 0 radical (unpaired) electrons. The van der Waals surface area contributed by atoms with Crippen LogP contribution >= 0.6 is 11.6 Å². The second-order valence-corrected chi connectivity index (χ2v) is 4.28. The smallest absolute Gasteiger partial charge is 0.0409 e. The Labute approximate surface area is 83.9 Å². The van der Waals surface area contributed by atoms with Crippen molar-refractivity contribution in [3.63, 3.8) is 0 Å². The standard InChI is InChI=1S/C11H14ClN/c12-10-3-1-2-9(7-10)11(13)6-8-4-5-8/h1-3,7-8,11H,4-6,13H2/t11-/m0/s1. The lowest BCUT2D eigenvalue weighted by atomic mass is 10.0. The molecule has 1 nitrogen and oxygen atoms in total. The number of hydrogen-bond acceptors (Lipinski definition) is 1. The molecule has 1 fully saturated rings. The fraction of sp³-hybridized carbons (Fsp3) is 0.455. The van der Waals surface area contributed by atoms with Crippen LogP contribution < -0.4 is 5.73 Å². The molecular formula is C11H14ClN. The average Bonchev–Trinajstić information content (AvgIpc) is 2.88. The Morgan fingerprint density at radius 1 is 1.46 bits per heavy atom. The van der Waals surface area contributed by atoms with Crippen LogP contribution in [0.3, 0.4) is 0 Å². The van der Waals surface area contributed by atoms with E-state index < -0.39 is 0 Å². The van der Waals surface area contributed by atoms with E-state index in [1.165, 1.54) is 18.4 Å². The molecule has 2 N–H and O–H groups in total. The van der Waals surface area contributed by atoms with Crippen LogP contribution in [-0.2, 0) is 0 Å². The minimum atomic E-state index is 0.172. The Morgan fingerprint density at radius 3 is 2.85 bits per heavy atom. The van der Waals surface area contributed by atoms with Crippen molar-refractivity contribution < 1.29 is 0 Å². The molecule has 2 rings (SSSR count). The van der Waals surface area contributed by atoms with Gasteiger partial charge < -0.3 is 5.73 Å². The molecule has 1 aliphatic carbocycles. The van der Waals surface area contributed by atoms with Gasteiger partial charge in [-0.1, -0.05) is 36.6 Å². The van der Waals surface area contributed by atoms with E-state index in [4.69, 9.17) is 17.3 Å². The predicted octanol–water partition coefficient (Wildman–Crippen LogP) is 3.14. The Morgan fingerprint density at radius 2 is 2.23 bits per heavy atom. The quantitative estimate of drug-likeness (QED) is 0.788. The zero-order valence-electron chi connectivity index (χ0n) is 7.54. The van der Waals surface area contributed by atoms with Crippen molar-refractivity contribution in [1.29, 1.82) is 0 Å². The highest BCUT2D eigenvalue weighted by molar-refractivity contribution is 6.30. The zero-order valence-corrected chi connectivity index (χ0v) is 8.30. The van der Waals surface area contributed by atoms with Crippen LogP contribution in [0.1, 0.15) is 30.9 Å². The molecule has 0 aliphatic heterocycles. The maximum absolute atomic E-state index is 6.05. The van der Waals surface area contributed by atoms with Crippen molar-refractivity contribution in [1.82, 2.24) is 0 Å². The van der Waals surface area contributed by atoms with Gasteiger partial charge in [-0.2, -0.15) is 0 Å². The summed E-state index contributed by atoms with van der Waals surface area (Å²) < 4.78 is 0. The van der Waals surface area contributed by atoms with Gasteiger partial charge in [0.05, 0.1) is 0 Å². The molecular weight excluding hydrogens is 182 g/mol. The van der Waals surface area contributed by atoms with Crippen molar-refractivity contribution in [2.45, 2.75) is 25.3 Å². The molecule has 0 unspecified atom stereocenters. The summed E-state index contributed by atoms with van der Waals surface area (Å²) in [5.74, 6) is 0.869. The Hall–Kier alpha value is -0.530. The molecule has 0 aromatic heterocycles. The van der Waals surface area contributed by atoms with E-state index in [-0.39, 0.29) is 6.04 Å². The van der Waals surface area contributed by atoms with Crippen LogP contribution in [0.15, 0.2) is 24.3 Å². The third kappa shape index (κ3) is 2.45. The first kappa shape index (κ1) is 9.04. The summed E-state index contributed by atoms with van der Waals surface area (Å²) in [5.41, 5.74) is 7.21. The molecule has 1 aromatic rings. The van der Waals surface area contributed by atoms with E-state index in [0.29, 0.717) is 0 Å². The molecule has 0 saturated heterocycles. The van der Waals surface area contributed by atoms with Gasteiger partial charge in [0.2, 0.25) is 0 Å². The van der Waals surface area contributed by atoms with Gasteiger partial charge >= 0.3 is 0 Å². The number of rotatable bonds is 3. The molecule has 1 aliphatic rings. The van der Waals surface area contributed by atoms with Crippen molar-refractivity contribution in [3.05, 3.63) is 34.9 Å². The van der Waals surface area contributed by atoms with Crippen molar-refractivity contribution in [3.8, 4) is 0 Å². The molecule has 70 valence electrons. The molecule has 0 amide bonds. The van der Waals surface area contributed by atoms with Gasteiger partial charge in [0.15, 0.2) is 0 Å². The third-order valence-corrected chi connectivity index (χ3v) is 2.80. The lowest BCUT2D eigenvalue weighted by Crippen LogP contribution is -2.10. The predicted molar refractivity (Wildman–Crippen MR) is 55.7 cm³/mol. The number of halogens is 1.